The fourth-order valence-electron chi connectivity index (χ4n) is 2.32. The molecule has 0 spiro atoms. The highest BCUT2D eigenvalue weighted by atomic mass is 32.2. The van der Waals surface area contributed by atoms with Crippen LogP contribution in [0.2, 0.25) is 0 Å². The lowest BCUT2D eigenvalue weighted by Gasteiger charge is -2.11. The zero-order valence-corrected chi connectivity index (χ0v) is 15.5. The Labute approximate surface area is 160 Å². The Bertz CT molecular complexity index is 1080. The van der Waals surface area contributed by atoms with Crippen molar-refractivity contribution in [2.75, 3.05) is 4.72 Å². The van der Waals surface area contributed by atoms with Gasteiger partial charge in [-0.2, -0.15) is 0 Å². The highest BCUT2D eigenvalue weighted by Crippen LogP contribution is 2.31. The molecular weight excluding hydrogens is 386 g/mol. The Morgan fingerprint density at radius 2 is 1.59 bits per heavy atom. The van der Waals surface area contributed by atoms with E-state index in [-0.39, 0.29) is 5.56 Å². The Balaban J connectivity index is 1.87. The van der Waals surface area contributed by atoms with E-state index in [1.165, 1.54) is 11.8 Å². The first-order valence-corrected chi connectivity index (χ1v) is 10.1. The molecule has 27 heavy (non-hydrogen) atoms. The van der Waals surface area contributed by atoms with Gasteiger partial charge in [0.05, 0.1) is 5.56 Å². The molecule has 8 heteroatoms. The maximum absolute atomic E-state index is 12.6. The Morgan fingerprint density at radius 3 is 2.30 bits per heavy atom. The van der Waals surface area contributed by atoms with Crippen LogP contribution in [0.25, 0.3) is 0 Å². The zero-order valence-electron chi connectivity index (χ0n) is 13.9. The highest BCUT2D eigenvalue weighted by molar-refractivity contribution is 7.99. The van der Waals surface area contributed by atoms with Crippen molar-refractivity contribution in [3.05, 3.63) is 78.4 Å². The number of aromatic carboxylic acids is 1. The lowest BCUT2D eigenvalue weighted by atomic mass is 10.2. The summed E-state index contributed by atoms with van der Waals surface area (Å²) in [6.07, 6.45) is 0. The van der Waals surface area contributed by atoms with Gasteiger partial charge in [0.1, 0.15) is 10.6 Å². The van der Waals surface area contributed by atoms with E-state index < -0.39 is 26.6 Å². The summed E-state index contributed by atoms with van der Waals surface area (Å²) in [5.74, 6) is -1.81. The smallest absolute Gasteiger partial charge is 0.335 e. The van der Waals surface area contributed by atoms with Gasteiger partial charge in [0.15, 0.2) is 0 Å². The van der Waals surface area contributed by atoms with Gasteiger partial charge in [0.2, 0.25) is 0 Å². The van der Waals surface area contributed by atoms with Crippen LogP contribution in [0.1, 0.15) is 10.4 Å². The van der Waals surface area contributed by atoms with E-state index >= 15 is 0 Å². The average Bonchev–Trinajstić information content (AvgIpc) is 2.62. The number of nitrogens with one attached hydrogen (secondary N) is 1. The fraction of sp³-hybridized carbons (Fsp3) is 0. The summed E-state index contributed by atoms with van der Waals surface area (Å²) in [6.45, 7) is 0. The van der Waals surface area contributed by atoms with Crippen LogP contribution in [0.3, 0.4) is 0 Å². The summed E-state index contributed by atoms with van der Waals surface area (Å²) < 4.78 is 27.6. The van der Waals surface area contributed by atoms with Crippen molar-refractivity contribution >= 4 is 33.4 Å². The molecule has 6 nitrogen and oxygen atoms in total. The van der Waals surface area contributed by atoms with Crippen LogP contribution in [0, 0.1) is 0 Å². The minimum Gasteiger partial charge on any atom is -0.507 e. The third kappa shape index (κ3) is 4.60. The molecule has 138 valence electrons. The zero-order chi connectivity index (χ0) is 19.4. The first-order chi connectivity index (χ1) is 12.8. The quantitative estimate of drug-likeness (QED) is 0.576. The number of sulfonamides is 1. The van der Waals surface area contributed by atoms with Gasteiger partial charge in [-0.1, -0.05) is 36.0 Å². The molecule has 0 unspecified atom stereocenters. The van der Waals surface area contributed by atoms with E-state index in [1.54, 1.807) is 18.2 Å². The fourth-order valence-corrected chi connectivity index (χ4v) is 4.39. The van der Waals surface area contributed by atoms with Crippen LogP contribution in [-0.4, -0.2) is 24.6 Å². The molecule has 3 aromatic rings. The molecule has 3 N–H and O–H groups in total. The van der Waals surface area contributed by atoms with Crippen molar-refractivity contribution in [1.82, 2.24) is 0 Å². The van der Waals surface area contributed by atoms with Gasteiger partial charge in [-0.15, -0.1) is 0 Å². The second-order valence-corrected chi connectivity index (χ2v) is 8.33. The topological polar surface area (TPSA) is 104 Å². The molecule has 0 bridgehead atoms. The molecule has 0 atom stereocenters. The molecule has 0 saturated carbocycles. The SMILES string of the molecule is O=C(O)c1ccc(O)c(S(=O)(=O)Nc2cccc(Sc3ccccc3)c2)c1. The molecule has 0 aliphatic carbocycles. The predicted molar refractivity (Wildman–Crippen MR) is 103 cm³/mol. The summed E-state index contributed by atoms with van der Waals surface area (Å²) in [6, 6.07) is 19.5. The molecule has 3 rings (SSSR count). The minimum absolute atomic E-state index is 0.235. The summed E-state index contributed by atoms with van der Waals surface area (Å²) in [4.78, 5) is 12.4. The average molecular weight is 401 g/mol. The lowest BCUT2D eigenvalue weighted by molar-refractivity contribution is 0.0696. The molecule has 0 heterocycles. The maximum atomic E-state index is 12.6. The van der Waals surface area contributed by atoms with Gasteiger partial charge >= 0.3 is 5.97 Å². The summed E-state index contributed by atoms with van der Waals surface area (Å²) in [5.41, 5.74) is 0.0672. The second kappa shape index (κ2) is 7.73. The van der Waals surface area contributed by atoms with Crippen LogP contribution in [0.5, 0.6) is 5.75 Å². The second-order valence-electron chi connectivity index (χ2n) is 5.54. The van der Waals surface area contributed by atoms with Gasteiger partial charge in [-0.25, -0.2) is 13.2 Å². The maximum Gasteiger partial charge on any atom is 0.335 e. The number of anilines is 1. The Kier molecular flexibility index (Phi) is 5.38. The van der Waals surface area contributed by atoms with Crippen LogP contribution in [0.15, 0.2) is 87.5 Å². The number of benzene rings is 3. The molecule has 0 aliphatic heterocycles. The summed E-state index contributed by atoms with van der Waals surface area (Å²) >= 11 is 1.47. The van der Waals surface area contributed by atoms with Crippen LogP contribution >= 0.6 is 11.8 Å². The van der Waals surface area contributed by atoms with Crippen molar-refractivity contribution in [2.24, 2.45) is 0 Å². The van der Waals surface area contributed by atoms with Crippen molar-refractivity contribution in [3.8, 4) is 5.75 Å². The Hall–Kier alpha value is -2.97. The molecular formula is C19H15NO5S2. The number of carbonyl (C=O) groups is 1. The van der Waals surface area contributed by atoms with Crippen molar-refractivity contribution in [2.45, 2.75) is 14.7 Å². The molecule has 0 radical (unpaired) electrons. The number of carboxylic acid groups (broad SMARTS) is 1. The van der Waals surface area contributed by atoms with Crippen molar-refractivity contribution in [3.63, 3.8) is 0 Å². The van der Waals surface area contributed by atoms with Gasteiger partial charge in [-0.05, 0) is 48.5 Å². The summed E-state index contributed by atoms with van der Waals surface area (Å²) in [7, 11) is -4.16. The van der Waals surface area contributed by atoms with Crippen LogP contribution in [0.4, 0.5) is 5.69 Å². The molecule has 0 amide bonds. The standard InChI is InChI=1S/C19H15NO5S2/c21-17-10-9-13(19(22)23)11-18(17)27(24,25)20-14-5-4-8-16(12-14)26-15-6-2-1-3-7-15/h1-12,20-21H,(H,22,23). The van der Waals surface area contributed by atoms with E-state index in [0.717, 1.165) is 28.0 Å². The predicted octanol–water partition coefficient (Wildman–Crippen LogP) is 4.04. The highest BCUT2D eigenvalue weighted by Gasteiger charge is 2.21. The van der Waals surface area contributed by atoms with Gasteiger partial charge < -0.3 is 10.2 Å². The molecule has 0 saturated heterocycles. The number of phenolic OH excluding ortho intramolecular Hbond substituents is 1. The number of carboxylic acids is 1. The molecule has 0 aromatic heterocycles. The molecule has 0 aliphatic rings. The van der Waals surface area contributed by atoms with Crippen molar-refractivity contribution < 1.29 is 23.4 Å². The van der Waals surface area contributed by atoms with Gasteiger partial charge in [-0.3, -0.25) is 4.72 Å². The van der Waals surface area contributed by atoms with Crippen LogP contribution in [-0.2, 0) is 10.0 Å². The largest absolute Gasteiger partial charge is 0.507 e. The van der Waals surface area contributed by atoms with Gasteiger partial charge in [0, 0.05) is 15.5 Å². The minimum atomic E-state index is -4.16. The van der Waals surface area contributed by atoms with Crippen molar-refractivity contribution in [1.29, 1.82) is 0 Å². The third-order valence-electron chi connectivity index (χ3n) is 3.56. The number of rotatable bonds is 6. The molecule has 3 aromatic carbocycles. The van der Waals surface area contributed by atoms with E-state index in [4.69, 9.17) is 5.11 Å². The normalized spacial score (nSPS) is 11.1. The van der Waals surface area contributed by atoms with Gasteiger partial charge in [0.25, 0.3) is 10.0 Å². The monoisotopic (exact) mass is 401 g/mol. The van der Waals surface area contributed by atoms with E-state index in [0.29, 0.717) is 5.69 Å². The number of hydrogen-bond donors (Lipinski definition) is 3. The van der Waals surface area contributed by atoms with E-state index in [2.05, 4.69) is 4.72 Å². The third-order valence-corrected chi connectivity index (χ3v) is 5.97. The van der Waals surface area contributed by atoms with E-state index in [1.807, 2.05) is 36.4 Å². The van der Waals surface area contributed by atoms with E-state index in [9.17, 15) is 18.3 Å². The number of aromatic hydroxyl groups is 1. The molecule has 0 fully saturated rings. The Morgan fingerprint density at radius 1 is 0.889 bits per heavy atom. The first kappa shape index (κ1) is 18.8. The first-order valence-electron chi connectivity index (χ1n) is 7.77. The number of hydrogen-bond acceptors (Lipinski definition) is 5. The lowest BCUT2D eigenvalue weighted by Crippen LogP contribution is -2.14. The number of phenols is 1. The van der Waals surface area contributed by atoms with Crippen LogP contribution < -0.4 is 4.72 Å². The summed E-state index contributed by atoms with van der Waals surface area (Å²) in [5, 5.41) is 18.9.